The number of aryl methyl sites for hydroxylation is 2. The third-order valence-electron chi connectivity index (χ3n) is 4.44. The first-order valence-electron chi connectivity index (χ1n) is 7.94. The largest absolute Gasteiger partial charge is 0.388 e. The lowest BCUT2D eigenvalue weighted by Gasteiger charge is -2.25. The molecule has 1 saturated heterocycles. The Kier molecular flexibility index (Phi) is 4.54. The van der Waals surface area contributed by atoms with E-state index in [2.05, 4.69) is 27.0 Å². The molecule has 120 valence electrons. The van der Waals surface area contributed by atoms with Gasteiger partial charge in [-0.25, -0.2) is 9.67 Å². The molecule has 3 rings (SSSR count). The van der Waals surface area contributed by atoms with E-state index in [9.17, 15) is 5.11 Å². The molecule has 0 saturated carbocycles. The van der Waals surface area contributed by atoms with Crippen molar-refractivity contribution in [3.05, 3.63) is 30.1 Å². The fourth-order valence-corrected chi connectivity index (χ4v) is 3.23. The zero-order chi connectivity index (χ0) is 15.5. The topological polar surface area (TPSA) is 72.0 Å². The van der Waals surface area contributed by atoms with Crippen molar-refractivity contribution in [1.29, 1.82) is 0 Å². The Labute approximate surface area is 130 Å². The van der Waals surface area contributed by atoms with Crippen LogP contribution in [0.25, 0.3) is 0 Å². The van der Waals surface area contributed by atoms with Crippen LogP contribution in [0.2, 0.25) is 0 Å². The van der Waals surface area contributed by atoms with Gasteiger partial charge in [-0.1, -0.05) is 0 Å². The lowest BCUT2D eigenvalue weighted by Crippen LogP contribution is -2.31. The van der Waals surface area contributed by atoms with E-state index in [-0.39, 0.29) is 0 Å². The summed E-state index contributed by atoms with van der Waals surface area (Å²) < 4.78 is 3.67. The van der Waals surface area contributed by atoms with Crippen LogP contribution in [-0.4, -0.2) is 47.1 Å². The van der Waals surface area contributed by atoms with Crippen LogP contribution in [0.1, 0.15) is 43.7 Å². The molecule has 0 aromatic carbocycles. The number of nitrogens with zero attached hydrogens (tertiary/aromatic N) is 6. The molecule has 0 radical (unpaired) electrons. The highest BCUT2D eigenvalue weighted by atomic mass is 16.3. The standard InChI is InChI=1S/C15H24N6O/c1-3-21-15(16-11-18-21)10-20-6-4-5-13(20)7-14(22)12-8-17-19(2)9-12/h8-9,11,13-14,22H,3-7,10H2,1-2H3/t13-,14+/m0/s1. The summed E-state index contributed by atoms with van der Waals surface area (Å²) in [5, 5.41) is 18.8. The van der Waals surface area contributed by atoms with Gasteiger partial charge in [-0.3, -0.25) is 9.58 Å². The van der Waals surface area contributed by atoms with Crippen molar-refractivity contribution in [3.8, 4) is 0 Å². The fraction of sp³-hybridized carbons (Fsp3) is 0.667. The Morgan fingerprint density at radius 3 is 3.00 bits per heavy atom. The summed E-state index contributed by atoms with van der Waals surface area (Å²) in [5.41, 5.74) is 0.895. The van der Waals surface area contributed by atoms with Gasteiger partial charge in [-0.2, -0.15) is 10.2 Å². The van der Waals surface area contributed by atoms with Crippen LogP contribution in [0.3, 0.4) is 0 Å². The highest BCUT2D eigenvalue weighted by Crippen LogP contribution is 2.28. The van der Waals surface area contributed by atoms with Crippen molar-refractivity contribution >= 4 is 0 Å². The minimum absolute atomic E-state index is 0.386. The minimum Gasteiger partial charge on any atom is -0.388 e. The summed E-state index contributed by atoms with van der Waals surface area (Å²) in [6, 6.07) is 0.386. The van der Waals surface area contributed by atoms with Crippen LogP contribution in [0.4, 0.5) is 0 Å². The van der Waals surface area contributed by atoms with Gasteiger partial charge in [0.2, 0.25) is 0 Å². The molecule has 1 fully saturated rings. The summed E-state index contributed by atoms with van der Waals surface area (Å²) in [6.45, 7) is 4.78. The highest BCUT2D eigenvalue weighted by Gasteiger charge is 2.28. The van der Waals surface area contributed by atoms with Crippen molar-refractivity contribution < 1.29 is 5.11 Å². The van der Waals surface area contributed by atoms with Crippen LogP contribution < -0.4 is 0 Å². The van der Waals surface area contributed by atoms with Gasteiger partial charge in [0.1, 0.15) is 12.2 Å². The molecule has 0 spiro atoms. The predicted octanol–water partition coefficient (Wildman–Crippen LogP) is 1.12. The van der Waals surface area contributed by atoms with Gasteiger partial charge in [0, 0.05) is 31.4 Å². The SMILES string of the molecule is CCn1ncnc1CN1CCC[C@H]1C[C@@H](O)c1cnn(C)c1. The number of aromatic nitrogens is 5. The van der Waals surface area contributed by atoms with Crippen molar-refractivity contribution in [3.63, 3.8) is 0 Å². The normalized spacial score (nSPS) is 20.6. The molecule has 1 N–H and O–H groups in total. The van der Waals surface area contributed by atoms with E-state index in [1.165, 1.54) is 6.42 Å². The van der Waals surface area contributed by atoms with Gasteiger partial charge in [0.15, 0.2) is 0 Å². The molecule has 1 aliphatic rings. The van der Waals surface area contributed by atoms with Crippen LogP contribution in [0, 0.1) is 0 Å². The number of hydrogen-bond acceptors (Lipinski definition) is 5. The molecule has 3 heterocycles. The van der Waals surface area contributed by atoms with E-state index in [1.807, 2.05) is 17.9 Å². The molecule has 2 aromatic heterocycles. The van der Waals surface area contributed by atoms with Crippen LogP contribution in [0.15, 0.2) is 18.7 Å². The highest BCUT2D eigenvalue weighted by molar-refractivity contribution is 5.08. The summed E-state index contributed by atoms with van der Waals surface area (Å²) in [6.07, 6.45) is 7.83. The monoisotopic (exact) mass is 304 g/mol. The maximum absolute atomic E-state index is 10.4. The molecule has 7 heteroatoms. The van der Waals surface area contributed by atoms with Crippen molar-refractivity contribution in [2.75, 3.05) is 6.54 Å². The van der Waals surface area contributed by atoms with E-state index in [0.29, 0.717) is 6.04 Å². The average molecular weight is 304 g/mol. The van der Waals surface area contributed by atoms with E-state index in [4.69, 9.17) is 0 Å². The zero-order valence-electron chi connectivity index (χ0n) is 13.3. The second-order valence-electron chi connectivity index (χ2n) is 5.96. The summed E-state index contributed by atoms with van der Waals surface area (Å²) in [4.78, 5) is 6.77. The molecule has 0 aliphatic carbocycles. The zero-order valence-corrected chi connectivity index (χ0v) is 13.3. The lowest BCUT2D eigenvalue weighted by molar-refractivity contribution is 0.116. The number of aliphatic hydroxyl groups is 1. The number of likely N-dealkylation sites (tertiary alicyclic amines) is 1. The van der Waals surface area contributed by atoms with Gasteiger partial charge in [-0.15, -0.1) is 0 Å². The fourth-order valence-electron chi connectivity index (χ4n) is 3.23. The number of hydrogen-bond donors (Lipinski definition) is 1. The van der Waals surface area contributed by atoms with Crippen LogP contribution in [0.5, 0.6) is 0 Å². The van der Waals surface area contributed by atoms with Crippen molar-refractivity contribution in [2.24, 2.45) is 7.05 Å². The molecular formula is C15H24N6O. The van der Waals surface area contributed by atoms with E-state index >= 15 is 0 Å². The molecule has 7 nitrogen and oxygen atoms in total. The molecule has 1 aliphatic heterocycles. The lowest BCUT2D eigenvalue weighted by atomic mass is 10.0. The molecule has 0 bridgehead atoms. The first kappa shape index (κ1) is 15.2. The summed E-state index contributed by atoms with van der Waals surface area (Å²) in [7, 11) is 1.87. The van der Waals surface area contributed by atoms with E-state index in [0.717, 1.165) is 43.9 Å². The maximum Gasteiger partial charge on any atom is 0.141 e. The van der Waals surface area contributed by atoms with Gasteiger partial charge in [0.25, 0.3) is 0 Å². The van der Waals surface area contributed by atoms with Crippen LogP contribution in [-0.2, 0) is 20.1 Å². The predicted molar refractivity (Wildman–Crippen MR) is 81.9 cm³/mol. The Morgan fingerprint density at radius 2 is 2.27 bits per heavy atom. The quantitative estimate of drug-likeness (QED) is 0.866. The van der Waals surface area contributed by atoms with Crippen LogP contribution >= 0.6 is 0 Å². The molecule has 2 atom stereocenters. The van der Waals surface area contributed by atoms with Crippen molar-refractivity contribution in [1.82, 2.24) is 29.4 Å². The number of rotatable bonds is 6. The third kappa shape index (κ3) is 3.20. The smallest absolute Gasteiger partial charge is 0.141 e. The van der Waals surface area contributed by atoms with Gasteiger partial charge in [-0.05, 0) is 32.7 Å². The molecular weight excluding hydrogens is 280 g/mol. The van der Waals surface area contributed by atoms with Gasteiger partial charge >= 0.3 is 0 Å². The average Bonchev–Trinajstić information content (AvgIpc) is 3.21. The molecule has 0 amide bonds. The summed E-state index contributed by atoms with van der Waals surface area (Å²) >= 11 is 0. The minimum atomic E-state index is -0.455. The Morgan fingerprint density at radius 1 is 1.41 bits per heavy atom. The number of aliphatic hydroxyl groups excluding tert-OH is 1. The Balaban J connectivity index is 1.63. The van der Waals surface area contributed by atoms with Gasteiger partial charge in [0.05, 0.1) is 18.8 Å². The molecule has 2 aromatic rings. The maximum atomic E-state index is 10.4. The first-order chi connectivity index (χ1) is 10.7. The molecule has 22 heavy (non-hydrogen) atoms. The van der Waals surface area contributed by atoms with E-state index < -0.39 is 6.10 Å². The Bertz CT molecular complexity index is 607. The third-order valence-corrected chi connectivity index (χ3v) is 4.44. The Hall–Kier alpha value is -1.73. The second kappa shape index (κ2) is 6.58. The summed E-state index contributed by atoms with van der Waals surface area (Å²) in [5.74, 6) is 1.00. The first-order valence-corrected chi connectivity index (χ1v) is 7.94. The van der Waals surface area contributed by atoms with Crippen molar-refractivity contribution in [2.45, 2.75) is 51.4 Å². The van der Waals surface area contributed by atoms with Gasteiger partial charge < -0.3 is 5.11 Å². The molecule has 0 unspecified atom stereocenters. The van der Waals surface area contributed by atoms with E-state index in [1.54, 1.807) is 17.2 Å². The second-order valence-corrected chi connectivity index (χ2v) is 5.96.